The number of nitriles is 1. The number of likely N-dealkylation sites (tertiary alicyclic amines) is 1. The van der Waals surface area contributed by atoms with Gasteiger partial charge in [-0.3, -0.25) is 5.10 Å². The highest BCUT2D eigenvalue weighted by molar-refractivity contribution is 7.16. The van der Waals surface area contributed by atoms with E-state index in [1.165, 1.54) is 17.0 Å². The quantitative estimate of drug-likeness (QED) is 0.753. The van der Waals surface area contributed by atoms with Crippen LogP contribution in [0.1, 0.15) is 17.7 Å². The van der Waals surface area contributed by atoms with Crippen LogP contribution >= 0.6 is 11.3 Å². The van der Waals surface area contributed by atoms with Crippen molar-refractivity contribution in [2.45, 2.75) is 18.9 Å². The summed E-state index contributed by atoms with van der Waals surface area (Å²) in [5, 5.41) is 16.6. The topological polar surface area (TPSA) is 58.9 Å². The molecule has 3 aromatic rings. The second-order valence-electron chi connectivity index (χ2n) is 6.65. The summed E-state index contributed by atoms with van der Waals surface area (Å²) < 4.78 is 0. The molecule has 0 aliphatic carbocycles. The van der Waals surface area contributed by atoms with Crippen molar-refractivity contribution in [2.24, 2.45) is 0 Å². The van der Waals surface area contributed by atoms with Crippen LogP contribution in [-0.2, 0) is 0 Å². The Labute approximate surface area is 157 Å². The molecule has 1 saturated heterocycles. The van der Waals surface area contributed by atoms with E-state index in [1.54, 1.807) is 0 Å². The van der Waals surface area contributed by atoms with Crippen molar-refractivity contribution in [3.05, 3.63) is 53.5 Å². The van der Waals surface area contributed by atoms with Gasteiger partial charge in [0.15, 0.2) is 0 Å². The maximum Gasteiger partial charge on any atom is 0.110 e. The number of rotatable bonds is 4. The van der Waals surface area contributed by atoms with Crippen molar-refractivity contribution in [1.29, 1.82) is 5.26 Å². The van der Waals surface area contributed by atoms with E-state index in [1.807, 2.05) is 24.4 Å². The lowest BCUT2D eigenvalue weighted by Crippen LogP contribution is -2.41. The first-order chi connectivity index (χ1) is 12.8. The standard InChI is InChI=1S/C20H21N5S/c1-24-11-9-16(10-12-24)25(15-5-3-2-4-6-15)18-14-22-23-20(18)19-8-7-17(13-21)26-19/h2-8,14,16H,9-12H2,1H3,(H,22,23). The van der Waals surface area contributed by atoms with Crippen LogP contribution in [0.5, 0.6) is 0 Å². The van der Waals surface area contributed by atoms with Gasteiger partial charge in [0.2, 0.25) is 0 Å². The Morgan fingerprint density at radius 2 is 1.96 bits per heavy atom. The molecular weight excluding hydrogens is 342 g/mol. The van der Waals surface area contributed by atoms with E-state index < -0.39 is 0 Å². The molecule has 1 aliphatic heterocycles. The first-order valence-corrected chi connectivity index (χ1v) is 9.64. The van der Waals surface area contributed by atoms with Gasteiger partial charge in [-0.1, -0.05) is 18.2 Å². The lowest BCUT2D eigenvalue weighted by Gasteiger charge is -2.38. The minimum atomic E-state index is 0.431. The molecule has 132 valence electrons. The number of aromatic amines is 1. The minimum Gasteiger partial charge on any atom is -0.335 e. The summed E-state index contributed by atoms with van der Waals surface area (Å²) in [7, 11) is 2.18. The third-order valence-electron chi connectivity index (χ3n) is 4.93. The second-order valence-corrected chi connectivity index (χ2v) is 7.73. The fourth-order valence-corrected chi connectivity index (χ4v) is 4.37. The molecule has 4 rings (SSSR count). The summed E-state index contributed by atoms with van der Waals surface area (Å²) in [4.78, 5) is 6.56. The molecule has 3 heterocycles. The normalized spacial score (nSPS) is 15.7. The van der Waals surface area contributed by atoms with E-state index in [9.17, 15) is 0 Å². The van der Waals surface area contributed by atoms with E-state index in [0.29, 0.717) is 10.9 Å². The molecule has 0 bridgehead atoms. The lowest BCUT2D eigenvalue weighted by molar-refractivity contribution is 0.255. The number of piperidine rings is 1. The number of nitrogens with one attached hydrogen (secondary N) is 1. The zero-order valence-corrected chi connectivity index (χ0v) is 15.5. The average Bonchev–Trinajstić information content (AvgIpc) is 3.33. The Morgan fingerprint density at radius 3 is 2.65 bits per heavy atom. The zero-order chi connectivity index (χ0) is 17.9. The first-order valence-electron chi connectivity index (χ1n) is 8.83. The van der Waals surface area contributed by atoms with E-state index in [0.717, 1.165) is 42.2 Å². The highest BCUT2D eigenvalue weighted by Crippen LogP contribution is 2.39. The van der Waals surface area contributed by atoms with Crippen LogP contribution < -0.4 is 4.90 Å². The monoisotopic (exact) mass is 363 g/mol. The van der Waals surface area contributed by atoms with Crippen LogP contribution in [0.15, 0.2) is 48.7 Å². The summed E-state index contributed by atoms with van der Waals surface area (Å²) in [6.07, 6.45) is 4.14. The SMILES string of the molecule is CN1CCC(N(c2ccccc2)c2cn[nH]c2-c2ccc(C#N)s2)CC1. The maximum absolute atomic E-state index is 9.15. The van der Waals surface area contributed by atoms with Crippen molar-refractivity contribution >= 4 is 22.7 Å². The molecule has 0 radical (unpaired) electrons. The molecule has 0 unspecified atom stereocenters. The van der Waals surface area contributed by atoms with Crippen LogP contribution in [-0.4, -0.2) is 41.3 Å². The number of nitrogens with zero attached hydrogens (tertiary/aromatic N) is 4. The molecular formula is C20H21N5S. The number of hydrogen-bond donors (Lipinski definition) is 1. The molecule has 5 nitrogen and oxygen atoms in total. The summed E-state index contributed by atoms with van der Waals surface area (Å²) in [5.74, 6) is 0. The largest absolute Gasteiger partial charge is 0.335 e. The highest BCUT2D eigenvalue weighted by Gasteiger charge is 2.27. The smallest absolute Gasteiger partial charge is 0.110 e. The van der Waals surface area contributed by atoms with Crippen molar-refractivity contribution in [1.82, 2.24) is 15.1 Å². The number of thiophene rings is 1. The van der Waals surface area contributed by atoms with Crippen molar-refractivity contribution in [3.63, 3.8) is 0 Å². The number of para-hydroxylation sites is 1. The van der Waals surface area contributed by atoms with Crippen LogP contribution in [0, 0.1) is 11.3 Å². The third kappa shape index (κ3) is 3.24. The summed E-state index contributed by atoms with van der Waals surface area (Å²) in [6, 6.07) is 17.0. The molecule has 0 atom stereocenters. The fourth-order valence-electron chi connectivity index (χ4n) is 3.56. The molecule has 1 fully saturated rings. The van der Waals surface area contributed by atoms with Crippen molar-refractivity contribution in [2.75, 3.05) is 25.0 Å². The van der Waals surface area contributed by atoms with Gasteiger partial charge in [0.05, 0.1) is 22.5 Å². The number of aromatic nitrogens is 2. The summed E-state index contributed by atoms with van der Waals surface area (Å²) in [5.41, 5.74) is 3.25. The second kappa shape index (κ2) is 7.32. The predicted molar refractivity (Wildman–Crippen MR) is 106 cm³/mol. The van der Waals surface area contributed by atoms with Crippen molar-refractivity contribution < 1.29 is 0 Å². The zero-order valence-electron chi connectivity index (χ0n) is 14.7. The first kappa shape index (κ1) is 16.8. The number of benzene rings is 1. The van der Waals surface area contributed by atoms with E-state index in [-0.39, 0.29) is 0 Å². The Bertz CT molecular complexity index is 900. The number of H-pyrrole nitrogens is 1. The van der Waals surface area contributed by atoms with Gasteiger partial charge >= 0.3 is 0 Å². The van der Waals surface area contributed by atoms with Crippen LogP contribution in [0.3, 0.4) is 0 Å². The highest BCUT2D eigenvalue weighted by atomic mass is 32.1. The number of anilines is 2. The molecule has 0 spiro atoms. The van der Waals surface area contributed by atoms with E-state index in [2.05, 4.69) is 57.4 Å². The minimum absolute atomic E-state index is 0.431. The average molecular weight is 363 g/mol. The van der Waals surface area contributed by atoms with Gasteiger partial charge in [-0.2, -0.15) is 10.4 Å². The van der Waals surface area contributed by atoms with Gasteiger partial charge < -0.3 is 9.80 Å². The predicted octanol–water partition coefficient (Wildman–Crippen LogP) is 4.24. The van der Waals surface area contributed by atoms with Gasteiger partial charge in [0.25, 0.3) is 0 Å². The van der Waals surface area contributed by atoms with Gasteiger partial charge in [0.1, 0.15) is 10.9 Å². The van der Waals surface area contributed by atoms with Gasteiger partial charge in [-0.25, -0.2) is 0 Å². The summed E-state index contributed by atoms with van der Waals surface area (Å²) in [6.45, 7) is 2.19. The van der Waals surface area contributed by atoms with E-state index in [4.69, 9.17) is 5.26 Å². The van der Waals surface area contributed by atoms with Crippen LogP contribution in [0.25, 0.3) is 10.6 Å². The van der Waals surface area contributed by atoms with Crippen molar-refractivity contribution in [3.8, 4) is 16.6 Å². The fraction of sp³-hybridized carbons (Fsp3) is 0.300. The van der Waals surface area contributed by atoms with Gasteiger partial charge in [-0.05, 0) is 57.2 Å². The Kier molecular flexibility index (Phi) is 4.74. The third-order valence-corrected chi connectivity index (χ3v) is 5.94. The maximum atomic E-state index is 9.15. The molecule has 0 saturated carbocycles. The van der Waals surface area contributed by atoms with Gasteiger partial charge in [0, 0.05) is 11.7 Å². The molecule has 0 amide bonds. The molecule has 2 aromatic heterocycles. The summed E-state index contributed by atoms with van der Waals surface area (Å²) >= 11 is 1.50. The Balaban J connectivity index is 1.76. The number of hydrogen-bond acceptors (Lipinski definition) is 5. The molecule has 6 heteroatoms. The van der Waals surface area contributed by atoms with E-state index >= 15 is 0 Å². The van der Waals surface area contributed by atoms with Crippen LogP contribution in [0.2, 0.25) is 0 Å². The molecule has 1 N–H and O–H groups in total. The van der Waals surface area contributed by atoms with Crippen LogP contribution in [0.4, 0.5) is 11.4 Å². The Hall–Kier alpha value is -2.62. The molecule has 1 aliphatic rings. The van der Waals surface area contributed by atoms with Gasteiger partial charge in [-0.15, -0.1) is 11.3 Å². The molecule has 26 heavy (non-hydrogen) atoms. The molecule has 1 aromatic carbocycles. The lowest BCUT2D eigenvalue weighted by atomic mass is 10.0. The Morgan fingerprint density at radius 1 is 1.19 bits per heavy atom.